The summed E-state index contributed by atoms with van der Waals surface area (Å²) in [5.41, 5.74) is 3.11. The fourth-order valence-corrected chi connectivity index (χ4v) is 3.80. The monoisotopic (exact) mass is 330 g/mol. The van der Waals surface area contributed by atoms with Crippen LogP contribution in [0.1, 0.15) is 59.6 Å². The number of hydrogen-bond acceptors (Lipinski definition) is 5. The molecular weight excluding hydrogens is 308 g/mol. The van der Waals surface area contributed by atoms with Gasteiger partial charge in [0.15, 0.2) is 5.78 Å². The van der Waals surface area contributed by atoms with E-state index in [2.05, 4.69) is 22.4 Å². The Morgan fingerprint density at radius 3 is 2.74 bits per heavy atom. The van der Waals surface area contributed by atoms with Crippen molar-refractivity contribution in [2.45, 2.75) is 57.1 Å². The van der Waals surface area contributed by atoms with Gasteiger partial charge in [0, 0.05) is 5.56 Å². The number of aromatic nitrogens is 4. The molecule has 23 heavy (non-hydrogen) atoms. The van der Waals surface area contributed by atoms with Crippen molar-refractivity contribution in [3.63, 3.8) is 0 Å². The Bertz CT molecular complexity index is 692. The molecule has 1 heterocycles. The van der Waals surface area contributed by atoms with E-state index in [1.54, 1.807) is 0 Å². The van der Waals surface area contributed by atoms with E-state index in [1.165, 1.54) is 36.6 Å². The number of hydrogen-bond donors (Lipinski definition) is 0. The average Bonchev–Trinajstić information content (AvgIpc) is 3.04. The molecule has 1 aromatic heterocycles. The molecule has 0 spiro atoms. The first-order valence-electron chi connectivity index (χ1n) is 8.16. The molecule has 122 valence electrons. The first-order valence-corrected chi connectivity index (χ1v) is 9.15. The molecule has 0 N–H and O–H groups in total. The summed E-state index contributed by atoms with van der Waals surface area (Å²) >= 11 is 1.44. The SMILES string of the molecule is Cc1ccc(C(=O)CSc2nnnn2C2CCCCC2)cc1C. The number of benzene rings is 1. The summed E-state index contributed by atoms with van der Waals surface area (Å²) in [6, 6.07) is 6.25. The fraction of sp³-hybridized carbons (Fsp3) is 0.529. The maximum absolute atomic E-state index is 12.4. The van der Waals surface area contributed by atoms with Crippen LogP contribution in [0.4, 0.5) is 0 Å². The predicted octanol–water partition coefficient (Wildman–Crippen LogP) is 3.77. The van der Waals surface area contributed by atoms with Crippen LogP contribution in [-0.2, 0) is 0 Å². The second kappa shape index (κ2) is 7.25. The van der Waals surface area contributed by atoms with E-state index in [-0.39, 0.29) is 5.78 Å². The molecule has 0 atom stereocenters. The number of rotatable bonds is 5. The molecule has 0 radical (unpaired) electrons. The van der Waals surface area contributed by atoms with Crippen molar-refractivity contribution in [3.05, 3.63) is 34.9 Å². The summed E-state index contributed by atoms with van der Waals surface area (Å²) < 4.78 is 1.91. The topological polar surface area (TPSA) is 60.7 Å². The lowest BCUT2D eigenvalue weighted by atomic mass is 9.96. The van der Waals surface area contributed by atoms with Crippen LogP contribution >= 0.6 is 11.8 Å². The minimum absolute atomic E-state index is 0.122. The number of tetrazole rings is 1. The van der Waals surface area contributed by atoms with Crippen molar-refractivity contribution in [2.24, 2.45) is 0 Å². The van der Waals surface area contributed by atoms with Crippen LogP contribution in [0.2, 0.25) is 0 Å². The van der Waals surface area contributed by atoms with Gasteiger partial charge in [0.05, 0.1) is 11.8 Å². The van der Waals surface area contributed by atoms with Crippen molar-refractivity contribution in [1.82, 2.24) is 20.2 Å². The third kappa shape index (κ3) is 3.80. The van der Waals surface area contributed by atoms with Gasteiger partial charge in [0.1, 0.15) is 0 Å². The van der Waals surface area contributed by atoms with Gasteiger partial charge in [-0.15, -0.1) is 5.10 Å². The van der Waals surface area contributed by atoms with Crippen LogP contribution in [0.25, 0.3) is 0 Å². The zero-order chi connectivity index (χ0) is 16.2. The van der Waals surface area contributed by atoms with Gasteiger partial charge in [0.2, 0.25) is 5.16 Å². The lowest BCUT2D eigenvalue weighted by Gasteiger charge is -2.21. The maximum atomic E-state index is 12.4. The summed E-state index contributed by atoms with van der Waals surface area (Å²) in [6.07, 6.45) is 6.02. The molecule has 0 unspecified atom stereocenters. The number of carbonyl (C=O) groups excluding carboxylic acids is 1. The van der Waals surface area contributed by atoms with Crippen LogP contribution in [0, 0.1) is 13.8 Å². The molecule has 1 fully saturated rings. The minimum atomic E-state index is 0.122. The minimum Gasteiger partial charge on any atom is -0.293 e. The van der Waals surface area contributed by atoms with E-state index in [0.29, 0.717) is 11.8 Å². The summed E-state index contributed by atoms with van der Waals surface area (Å²) in [5, 5.41) is 12.8. The first kappa shape index (κ1) is 16.2. The second-order valence-corrected chi connectivity index (χ2v) is 7.15. The highest BCUT2D eigenvalue weighted by atomic mass is 32.2. The van der Waals surface area contributed by atoms with Crippen molar-refractivity contribution in [3.8, 4) is 0 Å². The highest BCUT2D eigenvalue weighted by Crippen LogP contribution is 2.30. The molecule has 5 nitrogen and oxygen atoms in total. The van der Waals surface area contributed by atoms with Gasteiger partial charge in [-0.1, -0.05) is 43.2 Å². The van der Waals surface area contributed by atoms with Gasteiger partial charge in [0.25, 0.3) is 0 Å². The number of ketones is 1. The Hall–Kier alpha value is -1.69. The van der Waals surface area contributed by atoms with Gasteiger partial charge in [-0.3, -0.25) is 4.79 Å². The molecule has 6 heteroatoms. The highest BCUT2D eigenvalue weighted by Gasteiger charge is 2.21. The number of thioether (sulfide) groups is 1. The zero-order valence-electron chi connectivity index (χ0n) is 13.7. The van der Waals surface area contributed by atoms with Crippen molar-refractivity contribution in [1.29, 1.82) is 0 Å². The summed E-state index contributed by atoms with van der Waals surface area (Å²) in [4.78, 5) is 12.4. The Morgan fingerprint density at radius 2 is 2.00 bits per heavy atom. The van der Waals surface area contributed by atoms with Crippen LogP contribution in [0.15, 0.2) is 23.4 Å². The van der Waals surface area contributed by atoms with Crippen molar-refractivity contribution < 1.29 is 4.79 Å². The van der Waals surface area contributed by atoms with Crippen LogP contribution in [0.3, 0.4) is 0 Å². The maximum Gasteiger partial charge on any atom is 0.210 e. The largest absolute Gasteiger partial charge is 0.293 e. The van der Waals surface area contributed by atoms with Gasteiger partial charge in [-0.25, -0.2) is 4.68 Å². The molecule has 1 saturated carbocycles. The molecule has 0 amide bonds. The second-order valence-electron chi connectivity index (χ2n) is 6.21. The third-order valence-electron chi connectivity index (χ3n) is 4.54. The van der Waals surface area contributed by atoms with Crippen molar-refractivity contribution >= 4 is 17.5 Å². The number of carbonyl (C=O) groups is 1. The van der Waals surface area contributed by atoms with E-state index in [9.17, 15) is 4.79 Å². The lowest BCUT2D eigenvalue weighted by molar-refractivity contribution is 0.102. The van der Waals surface area contributed by atoms with Crippen LogP contribution in [0.5, 0.6) is 0 Å². The van der Waals surface area contributed by atoms with E-state index in [1.807, 2.05) is 29.8 Å². The Kier molecular flexibility index (Phi) is 5.10. The molecule has 0 bridgehead atoms. The molecule has 1 aromatic carbocycles. The number of Topliss-reactive ketones (excluding diaryl/α,β-unsaturated/α-hetero) is 1. The lowest BCUT2D eigenvalue weighted by Crippen LogP contribution is -2.15. The molecular formula is C17H22N4OS. The summed E-state index contributed by atoms with van der Waals surface area (Å²) in [7, 11) is 0. The molecule has 3 rings (SSSR count). The highest BCUT2D eigenvalue weighted by molar-refractivity contribution is 7.99. The van der Waals surface area contributed by atoms with E-state index < -0.39 is 0 Å². The quantitative estimate of drug-likeness (QED) is 0.617. The van der Waals surface area contributed by atoms with Crippen LogP contribution < -0.4 is 0 Å². The Morgan fingerprint density at radius 1 is 1.22 bits per heavy atom. The fourth-order valence-electron chi connectivity index (χ4n) is 2.96. The smallest absolute Gasteiger partial charge is 0.210 e. The first-order chi connectivity index (χ1) is 11.1. The third-order valence-corrected chi connectivity index (χ3v) is 5.48. The average molecular weight is 330 g/mol. The van der Waals surface area contributed by atoms with Crippen LogP contribution in [-0.4, -0.2) is 31.7 Å². The van der Waals surface area contributed by atoms with Gasteiger partial charge in [-0.2, -0.15) is 0 Å². The molecule has 2 aromatic rings. The Balaban J connectivity index is 1.65. The normalized spacial score (nSPS) is 15.7. The molecule has 1 aliphatic rings. The molecule has 0 aliphatic heterocycles. The van der Waals surface area contributed by atoms with E-state index >= 15 is 0 Å². The molecule has 0 saturated heterocycles. The standard InChI is InChI=1S/C17H22N4OS/c1-12-8-9-14(10-13(12)2)16(22)11-23-17-18-19-20-21(17)15-6-4-3-5-7-15/h8-10,15H,3-7,11H2,1-2H3. The summed E-state index contributed by atoms with van der Waals surface area (Å²) in [6.45, 7) is 4.08. The zero-order valence-corrected chi connectivity index (χ0v) is 14.5. The van der Waals surface area contributed by atoms with E-state index in [4.69, 9.17) is 0 Å². The van der Waals surface area contributed by atoms with Crippen molar-refractivity contribution in [2.75, 3.05) is 5.75 Å². The van der Waals surface area contributed by atoms with E-state index in [0.717, 1.165) is 29.1 Å². The number of aryl methyl sites for hydroxylation is 2. The number of nitrogens with zero attached hydrogens (tertiary/aromatic N) is 4. The van der Waals surface area contributed by atoms with Gasteiger partial charge in [-0.05, 0) is 54.3 Å². The Labute approximate surface area is 140 Å². The molecule has 1 aliphatic carbocycles. The predicted molar refractivity (Wildman–Crippen MR) is 90.9 cm³/mol. The van der Waals surface area contributed by atoms with Gasteiger partial charge < -0.3 is 0 Å². The summed E-state index contributed by atoms with van der Waals surface area (Å²) in [5.74, 6) is 0.492. The van der Waals surface area contributed by atoms with Gasteiger partial charge >= 0.3 is 0 Å².